The molecule has 80 valence electrons. The first-order chi connectivity index (χ1) is 6.44. The molecule has 1 aliphatic heterocycles. The van der Waals surface area contributed by atoms with E-state index in [0.29, 0.717) is 0 Å². The second-order valence-corrected chi connectivity index (χ2v) is 8.40. The Kier molecular flexibility index (Phi) is 3.74. The van der Waals surface area contributed by atoms with Crippen molar-refractivity contribution >= 4 is 18.3 Å². The van der Waals surface area contributed by atoms with Crippen LogP contribution in [0.4, 0.5) is 0 Å². The average molecular weight is 231 g/mol. The Morgan fingerprint density at radius 3 is 2.50 bits per heavy atom. The highest BCUT2D eigenvalue weighted by molar-refractivity contribution is 8.11. The van der Waals surface area contributed by atoms with Crippen LogP contribution < -0.4 is 0 Å². The smallest absolute Gasteiger partial charge is 0.145 e. The lowest BCUT2D eigenvalue weighted by atomic mass is 10.2. The van der Waals surface area contributed by atoms with Crippen molar-refractivity contribution in [1.82, 2.24) is 14.0 Å². The Bertz CT molecular complexity index is 297. The van der Waals surface area contributed by atoms with E-state index >= 15 is 0 Å². The summed E-state index contributed by atoms with van der Waals surface area (Å²) in [7, 11) is 8.20. The topological polar surface area (TPSA) is 9.72 Å². The maximum atomic E-state index is 5.76. The van der Waals surface area contributed by atoms with E-state index in [-0.39, 0.29) is 6.04 Å². The second kappa shape index (κ2) is 4.30. The first-order valence-corrected chi connectivity index (χ1v) is 7.29. The molecule has 3 nitrogen and oxygen atoms in total. The molecule has 0 radical (unpaired) electrons. The second-order valence-electron chi connectivity index (χ2n) is 3.79. The molecule has 2 atom stereocenters. The molecule has 0 saturated carbocycles. The van der Waals surface area contributed by atoms with Gasteiger partial charge in [-0.1, -0.05) is 5.92 Å². The lowest BCUT2D eigenvalue weighted by Gasteiger charge is -2.48. The largest absolute Gasteiger partial charge is 0.258 e. The lowest BCUT2D eigenvalue weighted by Crippen LogP contribution is -2.45. The lowest BCUT2D eigenvalue weighted by molar-refractivity contribution is 0.309. The minimum absolute atomic E-state index is 0.194. The third kappa shape index (κ3) is 1.76. The van der Waals surface area contributed by atoms with Crippen molar-refractivity contribution in [1.29, 1.82) is 0 Å². The zero-order valence-electron chi connectivity index (χ0n) is 9.27. The van der Waals surface area contributed by atoms with Crippen LogP contribution in [-0.2, 0) is 11.8 Å². The van der Waals surface area contributed by atoms with Crippen LogP contribution in [0.3, 0.4) is 0 Å². The molecule has 1 aliphatic rings. The Labute approximate surface area is 92.2 Å². The van der Waals surface area contributed by atoms with Crippen LogP contribution in [0.5, 0.6) is 0 Å². The average Bonchev–Trinajstić information content (AvgIpc) is 2.14. The summed E-state index contributed by atoms with van der Waals surface area (Å²) < 4.78 is 6.58. The van der Waals surface area contributed by atoms with Gasteiger partial charge in [0, 0.05) is 6.54 Å². The molecular formula is C9H18N3PS. The Balaban J connectivity index is 3.02. The van der Waals surface area contributed by atoms with Crippen molar-refractivity contribution in [2.24, 2.45) is 0 Å². The Morgan fingerprint density at radius 2 is 2.07 bits per heavy atom. The van der Waals surface area contributed by atoms with Crippen LogP contribution in [0.2, 0.25) is 0 Å². The van der Waals surface area contributed by atoms with E-state index in [9.17, 15) is 0 Å². The molecule has 1 saturated heterocycles. The SMILES string of the molecule is C#CC1CCN(C)P(=S)(N(C)C)N1C. The van der Waals surface area contributed by atoms with Gasteiger partial charge >= 0.3 is 0 Å². The zero-order chi connectivity index (χ0) is 10.9. The van der Waals surface area contributed by atoms with Crippen LogP contribution in [0.25, 0.3) is 0 Å². The summed E-state index contributed by atoms with van der Waals surface area (Å²) in [6.45, 7) is -0.755. The first-order valence-electron chi connectivity index (χ1n) is 4.63. The summed E-state index contributed by atoms with van der Waals surface area (Å²) in [5.41, 5.74) is 0. The highest BCUT2D eigenvalue weighted by Gasteiger charge is 2.37. The minimum Gasteiger partial charge on any atom is -0.258 e. The van der Waals surface area contributed by atoms with Crippen molar-refractivity contribution in [3.05, 3.63) is 0 Å². The van der Waals surface area contributed by atoms with Crippen molar-refractivity contribution in [3.8, 4) is 12.3 Å². The third-order valence-corrected chi connectivity index (χ3v) is 8.57. The van der Waals surface area contributed by atoms with Crippen LogP contribution in [0.15, 0.2) is 0 Å². The fourth-order valence-electron chi connectivity index (χ4n) is 1.83. The number of hydrogen-bond acceptors (Lipinski definition) is 1. The van der Waals surface area contributed by atoms with Gasteiger partial charge in [0.25, 0.3) is 0 Å². The van der Waals surface area contributed by atoms with Gasteiger partial charge in [-0.25, -0.2) is 4.67 Å². The van der Waals surface area contributed by atoms with Gasteiger partial charge in [-0.3, -0.25) is 9.34 Å². The predicted octanol–water partition coefficient (Wildman–Crippen LogP) is 1.04. The summed E-state index contributed by atoms with van der Waals surface area (Å²) in [6, 6.07) is 0.194. The maximum absolute atomic E-state index is 5.76. The maximum Gasteiger partial charge on any atom is 0.145 e. The van der Waals surface area contributed by atoms with Gasteiger partial charge < -0.3 is 0 Å². The van der Waals surface area contributed by atoms with Gasteiger partial charge in [0.2, 0.25) is 0 Å². The third-order valence-electron chi connectivity index (χ3n) is 2.75. The minimum atomic E-state index is -1.75. The van der Waals surface area contributed by atoms with E-state index in [0.717, 1.165) is 13.0 Å². The molecule has 5 heteroatoms. The molecule has 0 amide bonds. The van der Waals surface area contributed by atoms with Gasteiger partial charge in [0.15, 0.2) is 0 Å². The van der Waals surface area contributed by atoms with E-state index in [1.165, 1.54) is 0 Å². The van der Waals surface area contributed by atoms with E-state index in [1.54, 1.807) is 0 Å². The number of rotatable bonds is 1. The Morgan fingerprint density at radius 1 is 1.50 bits per heavy atom. The molecule has 0 aliphatic carbocycles. The molecule has 0 aromatic carbocycles. The molecule has 1 heterocycles. The number of hydrogen-bond donors (Lipinski definition) is 0. The van der Waals surface area contributed by atoms with Gasteiger partial charge in [0.1, 0.15) is 6.49 Å². The van der Waals surface area contributed by atoms with E-state index in [4.69, 9.17) is 18.2 Å². The number of nitrogens with zero attached hydrogens (tertiary/aromatic N) is 3. The van der Waals surface area contributed by atoms with E-state index in [1.807, 2.05) is 21.1 Å². The molecule has 14 heavy (non-hydrogen) atoms. The van der Waals surface area contributed by atoms with Gasteiger partial charge in [0.05, 0.1) is 6.04 Å². The molecule has 0 bridgehead atoms. The summed E-state index contributed by atoms with van der Waals surface area (Å²) in [6.07, 6.45) is 6.51. The molecule has 0 N–H and O–H groups in total. The fraction of sp³-hybridized carbons (Fsp3) is 0.778. The van der Waals surface area contributed by atoms with Crippen LogP contribution in [0, 0.1) is 12.3 Å². The van der Waals surface area contributed by atoms with E-state index in [2.05, 4.69) is 27.0 Å². The summed E-state index contributed by atoms with van der Waals surface area (Å²) in [5, 5.41) is 0. The van der Waals surface area contributed by atoms with Gasteiger partial charge in [-0.15, -0.1) is 6.42 Å². The van der Waals surface area contributed by atoms with Crippen LogP contribution in [-0.4, -0.2) is 54.8 Å². The van der Waals surface area contributed by atoms with Crippen molar-refractivity contribution < 1.29 is 0 Å². The summed E-state index contributed by atoms with van der Waals surface area (Å²) in [5.74, 6) is 2.82. The van der Waals surface area contributed by atoms with Crippen molar-refractivity contribution in [2.75, 3.05) is 34.7 Å². The first kappa shape index (κ1) is 12.2. The molecule has 2 unspecified atom stereocenters. The zero-order valence-corrected chi connectivity index (χ0v) is 11.0. The molecule has 0 spiro atoms. The quantitative estimate of drug-likeness (QED) is 0.492. The molecule has 0 aromatic heterocycles. The monoisotopic (exact) mass is 231 g/mol. The molecular weight excluding hydrogens is 213 g/mol. The van der Waals surface area contributed by atoms with E-state index < -0.39 is 6.49 Å². The highest BCUT2D eigenvalue weighted by Crippen LogP contribution is 2.56. The van der Waals surface area contributed by atoms with Gasteiger partial charge in [-0.2, -0.15) is 0 Å². The normalized spacial score (nSPS) is 35.9. The van der Waals surface area contributed by atoms with Crippen molar-refractivity contribution in [2.45, 2.75) is 12.5 Å². The Hall–Kier alpha value is 0.0900. The van der Waals surface area contributed by atoms with Gasteiger partial charge in [-0.05, 0) is 46.4 Å². The van der Waals surface area contributed by atoms with Crippen LogP contribution >= 0.6 is 6.49 Å². The molecule has 1 rings (SSSR count). The summed E-state index contributed by atoms with van der Waals surface area (Å²) in [4.78, 5) is 0. The molecule has 1 fully saturated rings. The standard InChI is InChI=1S/C9H18N3PS/c1-6-9-7-8-11(4)13(14,10(2)3)12(9)5/h1,9H,7-8H2,2-5H3. The highest BCUT2D eigenvalue weighted by atomic mass is 32.4. The molecule has 0 aromatic rings. The fourth-order valence-corrected chi connectivity index (χ4v) is 4.99. The summed E-state index contributed by atoms with van der Waals surface area (Å²) >= 11 is 5.76. The predicted molar refractivity (Wildman–Crippen MR) is 65.6 cm³/mol. The van der Waals surface area contributed by atoms with Crippen molar-refractivity contribution in [3.63, 3.8) is 0 Å². The van der Waals surface area contributed by atoms with Crippen LogP contribution in [0.1, 0.15) is 6.42 Å². The number of terminal acetylenes is 1.